The zero-order valence-electron chi connectivity index (χ0n) is 20.9. The van der Waals surface area contributed by atoms with Crippen LogP contribution in [0.25, 0.3) is 0 Å². The molecule has 0 spiro atoms. The zero-order chi connectivity index (χ0) is 25.6. The topological polar surface area (TPSA) is 132 Å². The smallest absolute Gasteiger partial charge is 0.320 e. The lowest BCUT2D eigenvalue weighted by Gasteiger charge is -2.47. The van der Waals surface area contributed by atoms with E-state index in [1.807, 2.05) is 0 Å². The van der Waals surface area contributed by atoms with Gasteiger partial charge in [0, 0.05) is 6.61 Å². The molecule has 1 aliphatic rings. The molecule has 0 aliphatic carbocycles. The van der Waals surface area contributed by atoms with Crippen LogP contribution in [-0.4, -0.2) is 81.0 Å². The van der Waals surface area contributed by atoms with Gasteiger partial charge >= 0.3 is 11.9 Å². The summed E-state index contributed by atoms with van der Waals surface area (Å²) in [7, 11) is 0. The van der Waals surface area contributed by atoms with Crippen molar-refractivity contribution in [3.8, 4) is 0 Å². The lowest BCUT2D eigenvalue weighted by molar-refractivity contribution is -0.253. The van der Waals surface area contributed by atoms with Crippen LogP contribution in [0.15, 0.2) is 0 Å². The number of unbranched alkanes of at least 4 members (excludes halogenated alkanes) is 1. The highest BCUT2D eigenvalue weighted by atomic mass is 32.1. The number of ether oxygens (including phenoxy) is 4. The van der Waals surface area contributed by atoms with Gasteiger partial charge in [-0.2, -0.15) is 0 Å². The van der Waals surface area contributed by atoms with Gasteiger partial charge in [0.05, 0.1) is 6.61 Å². The van der Waals surface area contributed by atoms with Crippen LogP contribution in [0, 0.1) is 5.92 Å². The molecule has 3 N–H and O–H groups in total. The quantitative estimate of drug-likeness (QED) is 0.156. The lowest BCUT2D eigenvalue weighted by Crippen LogP contribution is -2.63. The Morgan fingerprint density at radius 2 is 1.52 bits per heavy atom. The van der Waals surface area contributed by atoms with E-state index in [1.54, 1.807) is 48.5 Å². The van der Waals surface area contributed by atoms with E-state index in [1.165, 1.54) is 0 Å². The molecule has 0 aromatic rings. The van der Waals surface area contributed by atoms with Crippen molar-refractivity contribution in [1.29, 1.82) is 0 Å². The molecule has 33 heavy (non-hydrogen) atoms. The van der Waals surface area contributed by atoms with E-state index in [0.29, 0.717) is 19.3 Å². The highest BCUT2D eigenvalue weighted by molar-refractivity contribution is 7.81. The summed E-state index contributed by atoms with van der Waals surface area (Å²) in [4.78, 5) is 24.0. The highest BCUT2D eigenvalue weighted by Crippen LogP contribution is 2.37. The van der Waals surface area contributed by atoms with Gasteiger partial charge in [-0.3, -0.25) is 9.59 Å². The molecular formula is C23H42O9S. The average Bonchev–Trinajstić information content (AvgIpc) is 2.66. The summed E-state index contributed by atoms with van der Waals surface area (Å²) in [5.41, 5.74) is -1.47. The van der Waals surface area contributed by atoms with E-state index in [-0.39, 0.29) is 13.0 Å². The number of thiol groups is 1. The predicted octanol–water partition coefficient (Wildman–Crippen LogP) is 1.99. The zero-order valence-corrected chi connectivity index (χ0v) is 21.8. The van der Waals surface area contributed by atoms with Crippen molar-refractivity contribution >= 4 is 24.6 Å². The van der Waals surface area contributed by atoms with Crippen molar-refractivity contribution in [3.05, 3.63) is 0 Å². The first-order valence-electron chi connectivity index (χ1n) is 11.5. The van der Waals surface area contributed by atoms with Gasteiger partial charge in [-0.15, -0.1) is 12.6 Å². The second kappa shape index (κ2) is 12.2. The van der Waals surface area contributed by atoms with Crippen LogP contribution < -0.4 is 0 Å². The monoisotopic (exact) mass is 494 g/mol. The van der Waals surface area contributed by atoms with Crippen LogP contribution in [-0.2, 0) is 28.5 Å². The van der Waals surface area contributed by atoms with Gasteiger partial charge in [-0.1, -0.05) is 6.92 Å². The molecule has 0 bridgehead atoms. The van der Waals surface area contributed by atoms with Crippen molar-refractivity contribution in [2.75, 3.05) is 13.2 Å². The molecule has 0 radical (unpaired) electrons. The van der Waals surface area contributed by atoms with Crippen LogP contribution in [0.5, 0.6) is 0 Å². The summed E-state index contributed by atoms with van der Waals surface area (Å²) in [5, 5.41) is 30.0. The second-order valence-corrected chi connectivity index (χ2v) is 11.2. The minimum Gasteiger partial charge on any atom is -0.459 e. The number of aliphatic hydroxyl groups is 3. The predicted molar refractivity (Wildman–Crippen MR) is 125 cm³/mol. The Labute approximate surface area is 202 Å². The third-order valence-corrected chi connectivity index (χ3v) is 5.77. The first kappa shape index (κ1) is 30.1. The first-order chi connectivity index (χ1) is 15.0. The fourth-order valence-corrected chi connectivity index (χ4v) is 3.82. The van der Waals surface area contributed by atoms with E-state index in [9.17, 15) is 24.9 Å². The number of hydrogen-bond donors (Lipinski definition) is 4. The number of carbonyl (C=O) groups is 2. The Morgan fingerprint density at radius 1 is 1.00 bits per heavy atom. The van der Waals surface area contributed by atoms with Gasteiger partial charge in [0.1, 0.15) is 40.6 Å². The lowest BCUT2D eigenvalue weighted by atomic mass is 9.93. The number of esters is 2. The van der Waals surface area contributed by atoms with Crippen molar-refractivity contribution in [2.24, 2.45) is 5.92 Å². The Balaban J connectivity index is 2.71. The van der Waals surface area contributed by atoms with E-state index >= 15 is 0 Å². The fourth-order valence-electron chi connectivity index (χ4n) is 3.46. The van der Waals surface area contributed by atoms with Gasteiger partial charge < -0.3 is 34.3 Å². The second-order valence-electron chi connectivity index (χ2n) is 10.4. The molecule has 10 heteroatoms. The molecule has 1 aliphatic heterocycles. The van der Waals surface area contributed by atoms with Crippen molar-refractivity contribution < 1.29 is 43.9 Å². The third kappa shape index (κ3) is 9.33. The van der Waals surface area contributed by atoms with E-state index in [2.05, 4.69) is 12.6 Å². The van der Waals surface area contributed by atoms with Crippen molar-refractivity contribution in [3.63, 3.8) is 0 Å². The van der Waals surface area contributed by atoms with Gasteiger partial charge in [-0.05, 0) is 67.2 Å². The molecule has 9 nitrogen and oxygen atoms in total. The van der Waals surface area contributed by atoms with Crippen LogP contribution >= 0.6 is 12.6 Å². The summed E-state index contributed by atoms with van der Waals surface area (Å²) in [6, 6.07) is 0. The Morgan fingerprint density at radius 3 is 1.94 bits per heavy atom. The molecule has 194 valence electrons. The first-order valence-corrected chi connectivity index (χ1v) is 11.9. The minimum atomic E-state index is -1.31. The molecule has 0 unspecified atom stereocenters. The van der Waals surface area contributed by atoms with Crippen LogP contribution in [0.1, 0.15) is 74.1 Å². The summed E-state index contributed by atoms with van der Waals surface area (Å²) >= 11 is 4.50. The average molecular weight is 495 g/mol. The largest absolute Gasteiger partial charge is 0.459 e. The molecule has 0 amide bonds. The maximum atomic E-state index is 12.6. The molecule has 0 aromatic carbocycles. The van der Waals surface area contributed by atoms with Crippen molar-refractivity contribution in [2.45, 2.75) is 115 Å². The van der Waals surface area contributed by atoms with Gasteiger partial charge in [0.25, 0.3) is 0 Å². The molecule has 0 saturated carbocycles. The SMILES string of the molecule is CC[C@@]1(S)O[C@H](CO)[C@H](O)[C@H](O)[C@H]1OCCCCC(C(=O)OC(C)(C)C)C(=O)OC(C)(C)C. The van der Waals surface area contributed by atoms with Crippen molar-refractivity contribution in [1.82, 2.24) is 0 Å². The number of carbonyl (C=O) groups excluding carboxylic acids is 2. The molecule has 0 aromatic heterocycles. The van der Waals surface area contributed by atoms with Gasteiger partial charge in [-0.25, -0.2) is 0 Å². The fraction of sp³-hybridized carbons (Fsp3) is 0.913. The number of rotatable bonds is 10. The Kier molecular flexibility index (Phi) is 11.1. The normalized spacial score (nSPS) is 28.6. The molecule has 1 saturated heterocycles. The number of hydrogen-bond acceptors (Lipinski definition) is 10. The molecule has 5 atom stereocenters. The van der Waals surface area contributed by atoms with E-state index in [0.717, 1.165) is 0 Å². The maximum absolute atomic E-state index is 12.6. The Hall–Kier alpha value is -0.910. The van der Waals surface area contributed by atoms with Crippen LogP contribution in [0.4, 0.5) is 0 Å². The van der Waals surface area contributed by atoms with Crippen LogP contribution in [0.2, 0.25) is 0 Å². The van der Waals surface area contributed by atoms with E-state index in [4.69, 9.17) is 18.9 Å². The molecule has 1 heterocycles. The Bertz CT molecular complexity index is 615. The summed E-state index contributed by atoms with van der Waals surface area (Å²) in [5.74, 6) is -2.32. The van der Waals surface area contributed by atoms with E-state index < -0.39 is 65.0 Å². The standard InChI is InChI=1S/C23H42O9S/c1-8-23(33)18(17(26)16(25)15(13-24)30-23)29-12-10-9-11-14(19(27)31-21(2,3)4)20(28)32-22(5,6)7/h14-18,24-26,33H,8-13H2,1-7H3/t15-,16+,17+,18-,23+/m1/s1. The summed E-state index contributed by atoms with van der Waals surface area (Å²) < 4.78 is 22.3. The molecular weight excluding hydrogens is 452 g/mol. The summed E-state index contributed by atoms with van der Waals surface area (Å²) in [6.07, 6.45) is -2.96. The highest BCUT2D eigenvalue weighted by Gasteiger charge is 2.51. The summed E-state index contributed by atoms with van der Waals surface area (Å²) in [6.45, 7) is 11.9. The van der Waals surface area contributed by atoms with Gasteiger partial charge in [0.15, 0.2) is 5.92 Å². The van der Waals surface area contributed by atoms with Crippen LogP contribution in [0.3, 0.4) is 0 Å². The maximum Gasteiger partial charge on any atom is 0.320 e. The molecule has 1 fully saturated rings. The number of aliphatic hydroxyl groups excluding tert-OH is 3. The molecule has 1 rings (SSSR count). The van der Waals surface area contributed by atoms with Gasteiger partial charge in [0.2, 0.25) is 0 Å². The minimum absolute atomic E-state index is 0.180. The third-order valence-electron chi connectivity index (χ3n) is 5.09.